The van der Waals surface area contributed by atoms with E-state index in [1.807, 2.05) is 0 Å². The summed E-state index contributed by atoms with van der Waals surface area (Å²) >= 11 is 0. The van der Waals surface area contributed by atoms with E-state index in [-0.39, 0.29) is 5.82 Å². The molecule has 0 unspecified atom stereocenters. The third kappa shape index (κ3) is 2.46. The zero-order valence-electron chi connectivity index (χ0n) is 8.72. The van der Waals surface area contributed by atoms with Gasteiger partial charge in [-0.15, -0.1) is 0 Å². The average molecular weight is 230 g/mol. The highest BCUT2D eigenvalue weighted by molar-refractivity contribution is 5.45. The molecule has 88 valence electrons. The van der Waals surface area contributed by atoms with Crippen LogP contribution in [0.2, 0.25) is 0 Å². The number of hydrogen-bond acceptors (Lipinski definition) is 2. The molecule has 0 radical (unpaired) electrons. The Morgan fingerprint density at radius 3 is 2.69 bits per heavy atom. The topological polar surface area (TPSA) is 24.9 Å². The predicted octanol–water partition coefficient (Wildman–Crippen LogP) is 3.31. The summed E-state index contributed by atoms with van der Waals surface area (Å²) in [5, 5.41) is 2.79. The van der Waals surface area contributed by atoms with Crippen molar-refractivity contribution < 1.29 is 13.2 Å². The molecule has 16 heavy (non-hydrogen) atoms. The van der Waals surface area contributed by atoms with Gasteiger partial charge in [-0.3, -0.25) is 0 Å². The van der Waals surface area contributed by atoms with Gasteiger partial charge in [0.05, 0.1) is 5.56 Å². The highest BCUT2D eigenvalue weighted by atomic mass is 19.4. The summed E-state index contributed by atoms with van der Waals surface area (Å²) in [5.41, 5.74) is -0.686. The number of pyridine rings is 1. The van der Waals surface area contributed by atoms with E-state index in [0.29, 0.717) is 12.5 Å². The maximum Gasteiger partial charge on any atom is 0.419 e. The maximum atomic E-state index is 12.6. The summed E-state index contributed by atoms with van der Waals surface area (Å²) in [6.07, 6.45) is 0.414. The summed E-state index contributed by atoms with van der Waals surface area (Å²) < 4.78 is 37.8. The molecule has 0 atom stereocenters. The molecule has 0 saturated heterocycles. The zero-order valence-corrected chi connectivity index (χ0v) is 8.72. The lowest BCUT2D eigenvalue weighted by molar-refractivity contribution is -0.137. The van der Waals surface area contributed by atoms with E-state index < -0.39 is 11.7 Å². The van der Waals surface area contributed by atoms with Gasteiger partial charge in [-0.25, -0.2) is 4.98 Å². The fourth-order valence-corrected chi connectivity index (χ4v) is 1.71. The van der Waals surface area contributed by atoms with Gasteiger partial charge < -0.3 is 5.32 Å². The maximum absolute atomic E-state index is 12.6. The number of rotatable bonds is 3. The zero-order chi connectivity index (χ0) is 11.6. The SMILES string of the molecule is FC(F)(F)c1cccnc1NCC1CCC1. The van der Waals surface area contributed by atoms with Gasteiger partial charge in [0.1, 0.15) is 5.82 Å². The smallest absolute Gasteiger partial charge is 0.369 e. The van der Waals surface area contributed by atoms with Crippen LogP contribution in [-0.2, 0) is 6.18 Å². The minimum Gasteiger partial charge on any atom is -0.369 e. The van der Waals surface area contributed by atoms with Gasteiger partial charge in [-0.1, -0.05) is 6.42 Å². The van der Waals surface area contributed by atoms with Gasteiger partial charge in [-0.2, -0.15) is 13.2 Å². The molecule has 2 rings (SSSR count). The summed E-state index contributed by atoms with van der Waals surface area (Å²) in [4.78, 5) is 3.74. The fourth-order valence-electron chi connectivity index (χ4n) is 1.71. The van der Waals surface area contributed by atoms with Crippen molar-refractivity contribution in [3.63, 3.8) is 0 Å². The van der Waals surface area contributed by atoms with Gasteiger partial charge in [0.15, 0.2) is 0 Å². The minimum absolute atomic E-state index is 0.0538. The summed E-state index contributed by atoms with van der Waals surface area (Å²) in [7, 11) is 0. The van der Waals surface area contributed by atoms with Crippen molar-refractivity contribution in [3.05, 3.63) is 23.9 Å². The Morgan fingerprint density at radius 2 is 2.12 bits per heavy atom. The molecule has 1 heterocycles. The summed E-state index contributed by atoms with van der Waals surface area (Å²) in [5.74, 6) is 0.449. The van der Waals surface area contributed by atoms with Crippen molar-refractivity contribution in [2.75, 3.05) is 11.9 Å². The Hall–Kier alpha value is -1.26. The molecule has 0 amide bonds. The molecule has 1 aliphatic rings. The molecule has 1 fully saturated rings. The lowest BCUT2D eigenvalue weighted by Crippen LogP contribution is -2.22. The summed E-state index contributed by atoms with van der Waals surface area (Å²) in [6.45, 7) is 0.583. The van der Waals surface area contributed by atoms with Crippen molar-refractivity contribution in [3.8, 4) is 0 Å². The molecular weight excluding hydrogens is 217 g/mol. The van der Waals surface area contributed by atoms with Crippen LogP contribution in [0.1, 0.15) is 24.8 Å². The van der Waals surface area contributed by atoms with E-state index in [1.165, 1.54) is 18.7 Å². The number of anilines is 1. The standard InChI is InChI=1S/C11H13F3N2/c12-11(13,14)9-5-2-6-15-10(9)16-7-8-3-1-4-8/h2,5-6,8H,1,3-4,7H2,(H,15,16). The second-order valence-electron chi connectivity index (χ2n) is 4.08. The second-order valence-corrected chi connectivity index (χ2v) is 4.08. The molecule has 2 nitrogen and oxygen atoms in total. The molecule has 0 aromatic carbocycles. The number of nitrogens with zero attached hydrogens (tertiary/aromatic N) is 1. The third-order valence-electron chi connectivity index (χ3n) is 2.90. The highest BCUT2D eigenvalue weighted by Crippen LogP contribution is 2.34. The van der Waals surface area contributed by atoms with Crippen LogP contribution in [-0.4, -0.2) is 11.5 Å². The van der Waals surface area contributed by atoms with Crippen molar-refractivity contribution in [2.24, 2.45) is 5.92 Å². The van der Waals surface area contributed by atoms with Crippen LogP contribution in [0.25, 0.3) is 0 Å². The van der Waals surface area contributed by atoms with Crippen LogP contribution < -0.4 is 5.32 Å². The molecule has 1 aliphatic carbocycles. The first-order valence-electron chi connectivity index (χ1n) is 5.33. The number of halogens is 3. The highest BCUT2D eigenvalue weighted by Gasteiger charge is 2.34. The Morgan fingerprint density at radius 1 is 1.38 bits per heavy atom. The van der Waals surface area contributed by atoms with Crippen LogP contribution in [0.3, 0.4) is 0 Å². The first kappa shape index (κ1) is 11.2. The first-order chi connectivity index (χ1) is 7.57. The quantitative estimate of drug-likeness (QED) is 0.861. The molecule has 0 bridgehead atoms. The van der Waals surface area contributed by atoms with E-state index in [1.54, 1.807) is 0 Å². The van der Waals surface area contributed by atoms with Crippen molar-refractivity contribution in [1.82, 2.24) is 4.98 Å². The van der Waals surface area contributed by atoms with E-state index in [9.17, 15) is 13.2 Å². The number of hydrogen-bond donors (Lipinski definition) is 1. The Bertz CT molecular complexity index is 358. The predicted molar refractivity (Wildman–Crippen MR) is 55.1 cm³/mol. The van der Waals surface area contributed by atoms with Gasteiger partial charge in [0, 0.05) is 12.7 Å². The van der Waals surface area contributed by atoms with Gasteiger partial charge in [0.2, 0.25) is 0 Å². The molecule has 0 spiro atoms. The number of aromatic nitrogens is 1. The van der Waals surface area contributed by atoms with Crippen LogP contribution in [0.4, 0.5) is 19.0 Å². The molecule has 5 heteroatoms. The third-order valence-corrected chi connectivity index (χ3v) is 2.90. The largest absolute Gasteiger partial charge is 0.419 e. The molecule has 1 N–H and O–H groups in total. The van der Waals surface area contributed by atoms with Crippen LogP contribution >= 0.6 is 0 Å². The van der Waals surface area contributed by atoms with Crippen molar-refractivity contribution in [1.29, 1.82) is 0 Å². The van der Waals surface area contributed by atoms with Gasteiger partial charge >= 0.3 is 6.18 Å². The molecule has 1 saturated carbocycles. The van der Waals surface area contributed by atoms with E-state index >= 15 is 0 Å². The average Bonchev–Trinajstić information content (AvgIpc) is 2.14. The first-order valence-corrected chi connectivity index (χ1v) is 5.33. The summed E-state index contributed by atoms with van der Waals surface area (Å²) in [6, 6.07) is 2.35. The van der Waals surface area contributed by atoms with Crippen LogP contribution in [0.15, 0.2) is 18.3 Å². The monoisotopic (exact) mass is 230 g/mol. The fraction of sp³-hybridized carbons (Fsp3) is 0.545. The molecular formula is C11H13F3N2. The van der Waals surface area contributed by atoms with E-state index in [4.69, 9.17) is 0 Å². The Kier molecular flexibility index (Phi) is 3.03. The lowest BCUT2D eigenvalue weighted by atomic mass is 9.85. The van der Waals surface area contributed by atoms with E-state index in [0.717, 1.165) is 18.9 Å². The molecule has 1 aromatic rings. The van der Waals surface area contributed by atoms with Crippen LogP contribution in [0, 0.1) is 5.92 Å². The second kappa shape index (κ2) is 4.31. The molecule has 1 aromatic heterocycles. The number of nitrogens with one attached hydrogen (secondary N) is 1. The Labute approximate surface area is 91.9 Å². The van der Waals surface area contributed by atoms with Gasteiger partial charge in [-0.05, 0) is 30.9 Å². The minimum atomic E-state index is -4.34. The molecule has 0 aliphatic heterocycles. The van der Waals surface area contributed by atoms with Crippen LogP contribution in [0.5, 0.6) is 0 Å². The van der Waals surface area contributed by atoms with Gasteiger partial charge in [0.25, 0.3) is 0 Å². The van der Waals surface area contributed by atoms with Crippen molar-refractivity contribution >= 4 is 5.82 Å². The Balaban J connectivity index is 2.06. The normalized spacial score (nSPS) is 16.9. The lowest BCUT2D eigenvalue weighted by Gasteiger charge is -2.26. The van der Waals surface area contributed by atoms with E-state index in [2.05, 4.69) is 10.3 Å². The number of alkyl halides is 3. The van der Waals surface area contributed by atoms with Crippen molar-refractivity contribution in [2.45, 2.75) is 25.4 Å².